The van der Waals surface area contributed by atoms with Gasteiger partial charge in [-0.15, -0.1) is 12.4 Å². The fraction of sp³-hybridized carbons (Fsp3) is 0.400. The Morgan fingerprint density at radius 3 is 1.06 bits per heavy atom. The Hall–Kier alpha value is -3.39. The van der Waals surface area contributed by atoms with E-state index < -0.39 is 0 Å². The van der Waals surface area contributed by atoms with Crippen LogP contribution in [0.3, 0.4) is 0 Å². The molecule has 4 aromatic rings. The van der Waals surface area contributed by atoms with Crippen LogP contribution in [0.2, 0.25) is 0 Å². The summed E-state index contributed by atoms with van der Waals surface area (Å²) in [7, 11) is 3.44. The summed E-state index contributed by atoms with van der Waals surface area (Å²) >= 11 is 0. The zero-order chi connectivity index (χ0) is 32.1. The van der Waals surface area contributed by atoms with Crippen molar-refractivity contribution in [2.24, 2.45) is 0 Å². The summed E-state index contributed by atoms with van der Waals surface area (Å²) in [5.41, 5.74) is 7.65. The molecule has 0 aliphatic heterocycles. The minimum absolute atomic E-state index is 0. The molecule has 47 heavy (non-hydrogen) atoms. The van der Waals surface area contributed by atoms with E-state index in [9.17, 15) is 0 Å². The number of unbranched alkanes of at least 4 members (excludes halogenated alkanes) is 5. The van der Waals surface area contributed by atoms with Crippen molar-refractivity contribution in [3.63, 3.8) is 0 Å². The van der Waals surface area contributed by atoms with Crippen LogP contribution in [-0.2, 0) is 39.3 Å². The monoisotopic (exact) mass is 658 g/mol. The third kappa shape index (κ3) is 14.5. The van der Waals surface area contributed by atoms with Gasteiger partial charge in [-0.25, -0.2) is 0 Å². The Morgan fingerprint density at radius 2 is 0.702 bits per heavy atom. The van der Waals surface area contributed by atoms with Crippen LogP contribution in [0.15, 0.2) is 97.1 Å². The van der Waals surface area contributed by atoms with E-state index in [0.29, 0.717) is 0 Å². The molecule has 0 unspecified atom stereocenters. The van der Waals surface area contributed by atoms with Gasteiger partial charge < -0.3 is 30.7 Å². The molecule has 0 heterocycles. The summed E-state index contributed by atoms with van der Waals surface area (Å²) < 4.78 is 10.9. The molecule has 0 atom stereocenters. The topological polar surface area (TPSA) is 66.6 Å². The summed E-state index contributed by atoms with van der Waals surface area (Å²) in [6.45, 7) is 7.33. The molecular formula is C40H55ClN4O2. The second-order valence-electron chi connectivity index (χ2n) is 11.9. The Labute approximate surface area is 289 Å². The van der Waals surface area contributed by atoms with Gasteiger partial charge in [0.25, 0.3) is 0 Å². The normalized spacial score (nSPS) is 10.9. The highest BCUT2D eigenvalue weighted by atomic mass is 35.5. The molecule has 4 aromatic carbocycles. The highest BCUT2D eigenvalue weighted by molar-refractivity contribution is 5.85. The number of halogens is 1. The second-order valence-corrected chi connectivity index (χ2v) is 11.9. The average molecular weight is 659 g/mol. The first-order valence-electron chi connectivity index (χ1n) is 17.0. The van der Waals surface area contributed by atoms with Crippen LogP contribution in [0.25, 0.3) is 0 Å². The summed E-state index contributed by atoms with van der Waals surface area (Å²) in [5.74, 6) is 1.87. The summed E-state index contributed by atoms with van der Waals surface area (Å²) in [6, 6.07) is 34.2. The molecule has 0 fully saturated rings. The zero-order valence-corrected chi connectivity index (χ0v) is 29.2. The highest BCUT2D eigenvalue weighted by Crippen LogP contribution is 2.18. The van der Waals surface area contributed by atoms with Gasteiger partial charge in [0.2, 0.25) is 0 Å². The van der Waals surface area contributed by atoms with Gasteiger partial charge in [-0.1, -0.05) is 111 Å². The molecule has 0 aliphatic rings. The second kappa shape index (κ2) is 23.0. The highest BCUT2D eigenvalue weighted by Gasteiger charge is 2.03. The maximum Gasteiger partial charge on any atom is 0.123 e. The Balaban J connectivity index is 0.00000600. The number of hydrogen-bond acceptors (Lipinski definition) is 6. The van der Waals surface area contributed by atoms with Crippen LogP contribution in [0.4, 0.5) is 0 Å². The predicted octanol–water partition coefficient (Wildman–Crippen LogP) is 7.93. The molecule has 0 aliphatic carbocycles. The zero-order valence-electron chi connectivity index (χ0n) is 28.4. The molecule has 0 amide bonds. The van der Waals surface area contributed by atoms with Crippen molar-refractivity contribution in [2.75, 3.05) is 27.3 Å². The summed E-state index contributed by atoms with van der Waals surface area (Å²) in [6.07, 6.45) is 7.74. The third-order valence-electron chi connectivity index (χ3n) is 8.34. The van der Waals surface area contributed by atoms with Crippen LogP contribution in [0.1, 0.15) is 71.9 Å². The lowest BCUT2D eigenvalue weighted by Crippen LogP contribution is -2.15. The van der Waals surface area contributed by atoms with Crippen molar-refractivity contribution < 1.29 is 9.47 Å². The molecule has 0 saturated carbocycles. The van der Waals surface area contributed by atoms with Crippen molar-refractivity contribution in [1.29, 1.82) is 0 Å². The van der Waals surface area contributed by atoms with Crippen molar-refractivity contribution in [3.8, 4) is 11.5 Å². The molecule has 0 radical (unpaired) electrons. The first-order chi connectivity index (χ1) is 22.7. The smallest absolute Gasteiger partial charge is 0.123 e. The van der Waals surface area contributed by atoms with Gasteiger partial charge >= 0.3 is 0 Å². The first kappa shape index (κ1) is 38.1. The Kier molecular flexibility index (Phi) is 18.6. The lowest BCUT2D eigenvalue weighted by atomic mass is 10.1. The number of hydrogen-bond donors (Lipinski definition) is 4. The minimum atomic E-state index is 0. The van der Waals surface area contributed by atoms with Crippen LogP contribution < -0.4 is 30.7 Å². The number of nitrogens with one attached hydrogen (secondary N) is 4. The molecule has 254 valence electrons. The number of methoxy groups -OCH3 is 2. The Morgan fingerprint density at radius 1 is 0.383 bits per heavy atom. The van der Waals surface area contributed by atoms with Gasteiger partial charge in [0.05, 0.1) is 14.2 Å². The van der Waals surface area contributed by atoms with Gasteiger partial charge in [-0.05, 0) is 60.3 Å². The standard InChI is InChI=1S/C40H54N4O2.ClH/c1-45-39-15-9-7-13-37(39)31-43-29-35-21-17-33(18-22-35)27-41-25-11-5-3-4-6-12-26-42-28-34-19-23-36(24-20-34)30-44-32-38-14-8-10-16-40(38)46-2;/h7-10,13-24,41-44H,3-6,11-12,25-32H2,1-2H3;1H. The molecule has 0 spiro atoms. The fourth-order valence-electron chi connectivity index (χ4n) is 5.60. The van der Waals surface area contributed by atoms with E-state index in [0.717, 1.165) is 63.9 Å². The molecule has 7 heteroatoms. The molecule has 0 bridgehead atoms. The molecule has 0 saturated heterocycles. The van der Waals surface area contributed by atoms with E-state index in [1.807, 2.05) is 24.3 Å². The number of ether oxygens (including phenoxy) is 2. The largest absolute Gasteiger partial charge is 0.496 e. The summed E-state index contributed by atoms with van der Waals surface area (Å²) in [5, 5.41) is 14.3. The van der Waals surface area contributed by atoms with E-state index in [-0.39, 0.29) is 12.4 Å². The van der Waals surface area contributed by atoms with Crippen LogP contribution in [0.5, 0.6) is 11.5 Å². The van der Waals surface area contributed by atoms with E-state index in [1.54, 1.807) is 14.2 Å². The van der Waals surface area contributed by atoms with Gasteiger partial charge in [-0.3, -0.25) is 0 Å². The van der Waals surface area contributed by atoms with E-state index in [2.05, 4.69) is 94.1 Å². The van der Waals surface area contributed by atoms with E-state index in [1.165, 1.54) is 71.9 Å². The first-order valence-corrected chi connectivity index (χ1v) is 17.0. The van der Waals surface area contributed by atoms with Crippen LogP contribution in [-0.4, -0.2) is 27.3 Å². The SMILES string of the molecule is COc1ccccc1CNCc1ccc(CNCCCCCCCCNCc2ccc(CNCc3ccccc3OC)cc2)cc1.Cl. The molecule has 6 nitrogen and oxygen atoms in total. The quantitative estimate of drug-likeness (QED) is 0.0608. The van der Waals surface area contributed by atoms with Gasteiger partial charge in [0.1, 0.15) is 11.5 Å². The molecule has 4 N–H and O–H groups in total. The van der Waals surface area contributed by atoms with Gasteiger partial charge in [-0.2, -0.15) is 0 Å². The third-order valence-corrected chi connectivity index (χ3v) is 8.34. The van der Waals surface area contributed by atoms with Crippen LogP contribution >= 0.6 is 12.4 Å². The molecule has 0 aromatic heterocycles. The van der Waals surface area contributed by atoms with Gasteiger partial charge in [0, 0.05) is 50.4 Å². The van der Waals surface area contributed by atoms with E-state index >= 15 is 0 Å². The molecule has 4 rings (SSSR count). The van der Waals surface area contributed by atoms with Crippen LogP contribution in [0, 0.1) is 0 Å². The van der Waals surface area contributed by atoms with Crippen molar-refractivity contribution in [3.05, 3.63) is 130 Å². The number of benzene rings is 4. The number of para-hydroxylation sites is 2. The lowest BCUT2D eigenvalue weighted by molar-refractivity contribution is 0.407. The van der Waals surface area contributed by atoms with E-state index in [4.69, 9.17) is 9.47 Å². The predicted molar refractivity (Wildman–Crippen MR) is 198 cm³/mol. The minimum Gasteiger partial charge on any atom is -0.496 e. The van der Waals surface area contributed by atoms with Crippen molar-refractivity contribution in [2.45, 2.75) is 77.8 Å². The van der Waals surface area contributed by atoms with Crippen molar-refractivity contribution >= 4 is 12.4 Å². The van der Waals surface area contributed by atoms with Gasteiger partial charge in [0.15, 0.2) is 0 Å². The Bertz CT molecular complexity index is 1270. The summed E-state index contributed by atoms with van der Waals surface area (Å²) in [4.78, 5) is 0. The fourth-order valence-corrected chi connectivity index (χ4v) is 5.60. The average Bonchev–Trinajstić information content (AvgIpc) is 3.10. The number of rotatable bonds is 23. The molecular weight excluding hydrogens is 604 g/mol. The maximum absolute atomic E-state index is 5.44. The maximum atomic E-state index is 5.44. The van der Waals surface area contributed by atoms with Crippen molar-refractivity contribution in [1.82, 2.24) is 21.3 Å². The lowest BCUT2D eigenvalue weighted by Gasteiger charge is -2.10.